The van der Waals surface area contributed by atoms with Gasteiger partial charge >= 0.3 is 0 Å². The third-order valence-electron chi connectivity index (χ3n) is 6.51. The predicted octanol–water partition coefficient (Wildman–Crippen LogP) is 5.25. The lowest BCUT2D eigenvalue weighted by Crippen LogP contribution is -2.25. The molecule has 2 aliphatic rings. The molecule has 0 amide bonds. The zero-order chi connectivity index (χ0) is 27.5. The Kier molecular flexibility index (Phi) is 10.7. The standard InChI is InChI=1S/C31H36O8/c1-35-29-19-23(11-15-28(29)39-31-7-3-5-17-37-31)9-13-26(34)20-25(33)12-8-22-10-14-27(24(18-22)21-32)38-30-6-2-4-16-36-30/h8-15,18-19,30-32H,2-7,16-17,20-21H2,1H3/b12-8+,13-9+. The van der Waals surface area contributed by atoms with Crippen LogP contribution in [0, 0.1) is 0 Å². The quantitative estimate of drug-likeness (QED) is 0.290. The van der Waals surface area contributed by atoms with Crippen LogP contribution in [0.25, 0.3) is 12.2 Å². The first-order valence-electron chi connectivity index (χ1n) is 13.4. The zero-order valence-electron chi connectivity index (χ0n) is 22.3. The Bertz CT molecular complexity index is 1080. The van der Waals surface area contributed by atoms with Crippen LogP contribution in [0.4, 0.5) is 0 Å². The SMILES string of the molecule is COc1cc(/C=C/C(=O)CC(=O)/C=C/c2ccc(OC3CCCCO3)c(CO)c2)ccc1OC1CCCCO1. The van der Waals surface area contributed by atoms with Crippen LogP contribution in [0.1, 0.15) is 61.6 Å². The molecule has 0 saturated carbocycles. The molecule has 2 unspecified atom stereocenters. The summed E-state index contributed by atoms with van der Waals surface area (Å²) in [4.78, 5) is 24.8. The number of methoxy groups -OCH3 is 1. The number of hydrogen-bond acceptors (Lipinski definition) is 8. The van der Waals surface area contributed by atoms with Crippen molar-refractivity contribution in [2.24, 2.45) is 0 Å². The number of hydrogen-bond donors (Lipinski definition) is 1. The fourth-order valence-corrected chi connectivity index (χ4v) is 4.39. The van der Waals surface area contributed by atoms with Crippen LogP contribution in [-0.4, -0.2) is 49.6 Å². The lowest BCUT2D eigenvalue weighted by atomic mass is 10.1. The van der Waals surface area contributed by atoms with Crippen molar-refractivity contribution in [2.45, 2.75) is 64.1 Å². The molecular formula is C31H36O8. The van der Waals surface area contributed by atoms with Gasteiger partial charge in [0.25, 0.3) is 0 Å². The summed E-state index contributed by atoms with van der Waals surface area (Å²) in [5.74, 6) is 1.06. The smallest absolute Gasteiger partial charge is 0.200 e. The van der Waals surface area contributed by atoms with E-state index in [1.807, 2.05) is 6.07 Å². The molecule has 0 aliphatic carbocycles. The summed E-state index contributed by atoms with van der Waals surface area (Å²) in [6.45, 7) is 1.15. The van der Waals surface area contributed by atoms with E-state index in [2.05, 4.69) is 0 Å². The number of ether oxygens (including phenoxy) is 5. The minimum absolute atomic E-state index is 0.201. The maximum absolute atomic E-state index is 12.4. The first kappa shape index (κ1) is 28.5. The lowest BCUT2D eigenvalue weighted by Gasteiger charge is -2.24. The minimum atomic E-state index is -0.319. The van der Waals surface area contributed by atoms with Gasteiger partial charge in [0.2, 0.25) is 0 Å². The van der Waals surface area contributed by atoms with Gasteiger partial charge in [-0.1, -0.05) is 24.3 Å². The summed E-state index contributed by atoms with van der Waals surface area (Å²) in [6, 6.07) is 10.7. The number of allylic oxidation sites excluding steroid dienone is 2. The Labute approximate surface area is 229 Å². The number of aliphatic hydroxyl groups excluding tert-OH is 1. The summed E-state index contributed by atoms with van der Waals surface area (Å²) < 4.78 is 28.5. The second-order valence-electron chi connectivity index (χ2n) is 9.54. The van der Waals surface area contributed by atoms with Gasteiger partial charge in [0.15, 0.2) is 35.6 Å². The molecule has 208 valence electrons. The van der Waals surface area contributed by atoms with E-state index in [0.717, 1.165) is 49.7 Å². The van der Waals surface area contributed by atoms with E-state index in [-0.39, 0.29) is 37.2 Å². The van der Waals surface area contributed by atoms with Crippen LogP contribution in [0.3, 0.4) is 0 Å². The summed E-state index contributed by atoms with van der Waals surface area (Å²) in [6.07, 6.45) is 11.0. The monoisotopic (exact) mass is 536 g/mol. The molecule has 2 heterocycles. The van der Waals surface area contributed by atoms with E-state index in [1.54, 1.807) is 49.6 Å². The van der Waals surface area contributed by atoms with E-state index >= 15 is 0 Å². The largest absolute Gasteiger partial charge is 0.493 e. The van der Waals surface area contributed by atoms with Crippen molar-refractivity contribution in [3.8, 4) is 17.2 Å². The minimum Gasteiger partial charge on any atom is -0.493 e. The van der Waals surface area contributed by atoms with Crippen LogP contribution in [-0.2, 0) is 25.7 Å². The molecule has 8 nitrogen and oxygen atoms in total. The fourth-order valence-electron chi connectivity index (χ4n) is 4.39. The van der Waals surface area contributed by atoms with Crippen LogP contribution in [0.2, 0.25) is 0 Å². The molecule has 1 N–H and O–H groups in total. The van der Waals surface area contributed by atoms with E-state index in [9.17, 15) is 14.7 Å². The molecule has 2 atom stereocenters. The second-order valence-corrected chi connectivity index (χ2v) is 9.54. The Morgan fingerprint density at radius 1 is 0.821 bits per heavy atom. The zero-order valence-corrected chi connectivity index (χ0v) is 22.3. The van der Waals surface area contributed by atoms with Gasteiger partial charge in [-0.25, -0.2) is 0 Å². The summed E-state index contributed by atoms with van der Waals surface area (Å²) >= 11 is 0. The Morgan fingerprint density at radius 3 is 1.92 bits per heavy atom. The molecule has 2 aliphatic heterocycles. The molecule has 39 heavy (non-hydrogen) atoms. The van der Waals surface area contributed by atoms with Crippen molar-refractivity contribution in [2.75, 3.05) is 20.3 Å². The van der Waals surface area contributed by atoms with Crippen LogP contribution in [0.15, 0.2) is 48.6 Å². The van der Waals surface area contributed by atoms with E-state index in [4.69, 9.17) is 23.7 Å². The van der Waals surface area contributed by atoms with E-state index in [0.29, 0.717) is 36.0 Å². The molecule has 0 aromatic heterocycles. The van der Waals surface area contributed by atoms with Gasteiger partial charge < -0.3 is 28.8 Å². The highest BCUT2D eigenvalue weighted by Crippen LogP contribution is 2.31. The number of ketones is 2. The number of rotatable bonds is 12. The van der Waals surface area contributed by atoms with Gasteiger partial charge in [0, 0.05) is 18.4 Å². The van der Waals surface area contributed by atoms with Crippen molar-refractivity contribution in [1.29, 1.82) is 0 Å². The van der Waals surface area contributed by atoms with E-state index in [1.165, 1.54) is 12.2 Å². The molecule has 0 spiro atoms. The van der Waals surface area contributed by atoms with Gasteiger partial charge in [0.1, 0.15) is 5.75 Å². The number of carbonyl (C=O) groups is 2. The highest BCUT2D eigenvalue weighted by Gasteiger charge is 2.18. The predicted molar refractivity (Wildman–Crippen MR) is 146 cm³/mol. The lowest BCUT2D eigenvalue weighted by molar-refractivity contribution is -0.121. The highest BCUT2D eigenvalue weighted by molar-refractivity contribution is 6.10. The fraction of sp³-hybridized carbons (Fsp3) is 0.419. The number of benzene rings is 2. The first-order chi connectivity index (χ1) is 19.0. The number of carbonyl (C=O) groups excluding carboxylic acids is 2. The average molecular weight is 537 g/mol. The Hall–Kier alpha value is -3.46. The molecule has 8 heteroatoms. The Morgan fingerprint density at radius 2 is 1.38 bits per heavy atom. The highest BCUT2D eigenvalue weighted by atomic mass is 16.7. The van der Waals surface area contributed by atoms with Gasteiger partial charge in [0.05, 0.1) is 33.4 Å². The Balaban J connectivity index is 1.29. The second kappa shape index (κ2) is 14.6. The van der Waals surface area contributed by atoms with Crippen molar-refractivity contribution in [3.05, 3.63) is 65.2 Å². The summed E-state index contributed by atoms with van der Waals surface area (Å²) in [5.41, 5.74) is 2.08. The molecule has 4 rings (SSSR count). The third kappa shape index (κ3) is 8.78. The number of aliphatic hydroxyl groups is 1. The normalized spacial score (nSPS) is 19.7. The van der Waals surface area contributed by atoms with Crippen LogP contribution in [0.5, 0.6) is 17.2 Å². The average Bonchev–Trinajstić information content (AvgIpc) is 2.97. The van der Waals surface area contributed by atoms with Gasteiger partial charge in [-0.05, 0) is 73.2 Å². The molecule has 2 aromatic rings. The summed E-state index contributed by atoms with van der Waals surface area (Å²) in [5, 5.41) is 9.76. The van der Waals surface area contributed by atoms with Gasteiger partial charge in [-0.3, -0.25) is 9.59 Å². The van der Waals surface area contributed by atoms with Crippen LogP contribution >= 0.6 is 0 Å². The molecular weight excluding hydrogens is 500 g/mol. The van der Waals surface area contributed by atoms with Crippen molar-refractivity contribution < 1.29 is 38.4 Å². The molecule has 2 fully saturated rings. The topological polar surface area (TPSA) is 101 Å². The van der Waals surface area contributed by atoms with Crippen molar-refractivity contribution >= 4 is 23.7 Å². The first-order valence-corrected chi connectivity index (χ1v) is 13.4. The maximum Gasteiger partial charge on any atom is 0.200 e. The van der Waals surface area contributed by atoms with Gasteiger partial charge in [-0.15, -0.1) is 0 Å². The third-order valence-corrected chi connectivity index (χ3v) is 6.51. The van der Waals surface area contributed by atoms with Crippen molar-refractivity contribution in [1.82, 2.24) is 0 Å². The van der Waals surface area contributed by atoms with Crippen molar-refractivity contribution in [3.63, 3.8) is 0 Å². The molecule has 2 aromatic carbocycles. The summed E-state index contributed by atoms with van der Waals surface area (Å²) in [7, 11) is 1.56. The molecule has 2 saturated heterocycles. The van der Waals surface area contributed by atoms with E-state index < -0.39 is 0 Å². The molecule has 0 bridgehead atoms. The van der Waals surface area contributed by atoms with Crippen LogP contribution < -0.4 is 14.2 Å². The molecule has 0 radical (unpaired) electrons. The van der Waals surface area contributed by atoms with Gasteiger partial charge in [-0.2, -0.15) is 0 Å². The maximum atomic E-state index is 12.4.